The topological polar surface area (TPSA) is 187 Å². The summed E-state index contributed by atoms with van der Waals surface area (Å²) in [5.74, 6) is 0. The molecule has 1 aliphatic rings. The smallest absolute Gasteiger partial charge is 0.280 e. The minimum absolute atomic E-state index is 0.244. The van der Waals surface area contributed by atoms with E-state index in [1.54, 1.807) is 6.92 Å². The van der Waals surface area contributed by atoms with E-state index < -0.39 is 42.3 Å². The summed E-state index contributed by atoms with van der Waals surface area (Å²) in [5, 5.41) is 9.50. The summed E-state index contributed by atoms with van der Waals surface area (Å²) in [6.45, 7) is 0.915. The van der Waals surface area contributed by atoms with Gasteiger partial charge in [-0.3, -0.25) is 13.7 Å². The van der Waals surface area contributed by atoms with Gasteiger partial charge in [-0.2, -0.15) is 0 Å². The number of hydrogen-bond donors (Lipinski definition) is 1. The molecule has 1 heterocycles. The molecule has 0 aromatic heterocycles. The molecule has 0 amide bonds. The van der Waals surface area contributed by atoms with Gasteiger partial charge in [-0.05, 0) is 6.92 Å². The van der Waals surface area contributed by atoms with Crippen LogP contribution in [-0.4, -0.2) is 37.1 Å². The average Bonchev–Trinajstić information content (AvgIpc) is 2.62. The Morgan fingerprint density at radius 1 is 1.14 bits per heavy atom. The number of phosphoric ester groups is 2. The van der Waals surface area contributed by atoms with E-state index in [-0.39, 0.29) is 12.5 Å². The van der Waals surface area contributed by atoms with Crippen molar-refractivity contribution < 1.29 is 55.9 Å². The molecule has 1 rings (SSSR count). The fourth-order valence-electron chi connectivity index (χ4n) is 1.57. The van der Waals surface area contributed by atoms with Crippen molar-refractivity contribution >= 4 is 23.5 Å². The van der Waals surface area contributed by atoms with Gasteiger partial charge >= 0.3 is 0 Å². The minimum Gasteiger partial charge on any atom is -0.756 e. The van der Waals surface area contributed by atoms with E-state index in [1.165, 1.54) is 0 Å². The maximum atomic E-state index is 11.3. The van der Waals surface area contributed by atoms with E-state index >= 15 is 0 Å². The summed E-state index contributed by atoms with van der Waals surface area (Å²) in [5.41, 5.74) is 0. The number of phosphoric acid groups is 3. The summed E-state index contributed by atoms with van der Waals surface area (Å²) in [6.07, 6.45) is -2.09. The predicted molar refractivity (Wildman–Crippen MR) is 62.9 cm³/mol. The Bertz CT molecular complexity index is 521. The van der Waals surface area contributed by atoms with Crippen molar-refractivity contribution in [3.05, 3.63) is 0 Å². The second-order valence-corrected chi connectivity index (χ2v) is 8.88. The summed E-state index contributed by atoms with van der Waals surface area (Å²) in [7, 11) is -15.9. The van der Waals surface area contributed by atoms with Gasteiger partial charge in [0.2, 0.25) is 0 Å². The fourth-order valence-corrected chi connectivity index (χ4v) is 4.70. The zero-order valence-electron chi connectivity index (χ0n) is 11.4. The van der Waals surface area contributed by atoms with Gasteiger partial charge in [-0.15, -0.1) is 0 Å². The zero-order valence-corrected chi connectivity index (χ0v) is 14.1. The van der Waals surface area contributed by atoms with Crippen molar-refractivity contribution in [1.82, 2.24) is 0 Å². The van der Waals surface area contributed by atoms with Crippen LogP contribution >= 0.6 is 23.5 Å². The lowest BCUT2D eigenvalue weighted by Gasteiger charge is -2.34. The van der Waals surface area contributed by atoms with Crippen LogP contribution in [0.2, 0.25) is 0 Å². The van der Waals surface area contributed by atoms with Gasteiger partial charge in [0.05, 0.1) is 18.8 Å². The molecular weight excluding hydrogens is 369 g/mol. The number of aliphatic hydroxyl groups excluding tert-OH is 1. The molecule has 1 N–H and O–H groups in total. The zero-order chi connectivity index (χ0) is 17.2. The monoisotopic (exact) mass is 383 g/mol. The highest BCUT2D eigenvalue weighted by Crippen LogP contribution is 2.62. The van der Waals surface area contributed by atoms with Crippen LogP contribution in [-0.2, 0) is 36.1 Å². The lowest BCUT2D eigenvalue weighted by atomic mass is 10.1. The Labute approximate surface area is 125 Å². The van der Waals surface area contributed by atoms with Crippen molar-refractivity contribution in [3.8, 4) is 0 Å². The Hall–Kier alpha value is 0.330. The largest absolute Gasteiger partial charge is 0.756 e. The second kappa shape index (κ2) is 7.48. The fraction of sp³-hybridized carbons (Fsp3) is 1.00. The Morgan fingerprint density at radius 3 is 2.14 bits per heavy atom. The molecule has 0 aromatic rings. The highest BCUT2D eigenvalue weighted by atomic mass is 31.3. The van der Waals surface area contributed by atoms with E-state index in [0.717, 1.165) is 0 Å². The molecule has 1 aliphatic heterocycles. The van der Waals surface area contributed by atoms with Crippen LogP contribution in [0.3, 0.4) is 0 Å². The van der Waals surface area contributed by atoms with Crippen LogP contribution in [0.1, 0.15) is 13.3 Å². The third kappa shape index (κ3) is 6.84. The first-order valence-electron chi connectivity index (χ1n) is 5.75. The summed E-state index contributed by atoms with van der Waals surface area (Å²) < 4.78 is 53.3. The van der Waals surface area contributed by atoms with Crippen molar-refractivity contribution in [2.75, 3.05) is 13.7 Å². The van der Waals surface area contributed by atoms with Crippen LogP contribution in [0.15, 0.2) is 0 Å². The Morgan fingerprint density at radius 2 is 1.68 bits per heavy atom. The van der Waals surface area contributed by atoms with Gasteiger partial charge in [0, 0.05) is 13.5 Å². The maximum Gasteiger partial charge on any atom is 0.280 e. The molecule has 0 aliphatic carbocycles. The Kier molecular flexibility index (Phi) is 6.93. The molecule has 1 saturated heterocycles. The molecule has 0 bridgehead atoms. The average molecular weight is 383 g/mol. The third-order valence-corrected chi connectivity index (χ3v) is 6.54. The highest BCUT2D eigenvalue weighted by molar-refractivity contribution is 7.65. The van der Waals surface area contributed by atoms with Gasteiger partial charge in [-0.25, -0.2) is 8.62 Å². The van der Waals surface area contributed by atoms with E-state index in [9.17, 15) is 33.5 Å². The quantitative estimate of drug-likeness (QED) is 0.485. The molecule has 0 saturated carbocycles. The molecule has 1 fully saturated rings. The summed E-state index contributed by atoms with van der Waals surface area (Å²) in [6, 6.07) is 0. The molecule has 132 valence electrons. The third-order valence-electron chi connectivity index (χ3n) is 2.43. The predicted octanol–water partition coefficient (Wildman–Crippen LogP) is -1.37. The highest BCUT2D eigenvalue weighted by Gasteiger charge is 2.33. The SMILES string of the molecule is COP(=O)([O-])OP(=O)([O-])OP(=O)([O-])OC[C@H]1O[C@@H](C)C[C@H]1O. The van der Waals surface area contributed by atoms with Gasteiger partial charge in [-0.1, -0.05) is 0 Å². The summed E-state index contributed by atoms with van der Waals surface area (Å²) >= 11 is 0. The van der Waals surface area contributed by atoms with Gasteiger partial charge in [0.25, 0.3) is 23.5 Å². The van der Waals surface area contributed by atoms with Crippen molar-refractivity contribution in [1.29, 1.82) is 0 Å². The standard InChI is InChI=1S/C7H17O12P3/c1-5-3-6(8)7(17-5)4-16-21(11,12)19-22(13,14)18-20(9,10)15-2/h5-8H,3-4H2,1-2H3,(H,9,10)(H,11,12)(H,13,14)/p-3/t5-,6+,7+/m0/s1. The summed E-state index contributed by atoms with van der Waals surface area (Å²) in [4.78, 5) is 33.3. The van der Waals surface area contributed by atoms with Gasteiger partial charge < -0.3 is 33.6 Å². The number of hydrogen-bond acceptors (Lipinski definition) is 12. The second-order valence-electron chi connectivity index (χ2n) is 4.27. The van der Waals surface area contributed by atoms with Crippen LogP contribution in [0.25, 0.3) is 0 Å². The number of ether oxygens (including phenoxy) is 1. The normalized spacial score (nSPS) is 33.8. The van der Waals surface area contributed by atoms with Crippen LogP contribution in [0, 0.1) is 0 Å². The van der Waals surface area contributed by atoms with Crippen LogP contribution in [0.4, 0.5) is 0 Å². The van der Waals surface area contributed by atoms with Crippen molar-refractivity contribution in [3.63, 3.8) is 0 Å². The molecule has 3 unspecified atom stereocenters. The molecule has 0 aromatic carbocycles. The first-order valence-corrected chi connectivity index (χ1v) is 10.1. The maximum absolute atomic E-state index is 11.3. The van der Waals surface area contributed by atoms with Crippen molar-refractivity contribution in [2.45, 2.75) is 31.7 Å². The molecule has 22 heavy (non-hydrogen) atoms. The van der Waals surface area contributed by atoms with Crippen molar-refractivity contribution in [2.24, 2.45) is 0 Å². The van der Waals surface area contributed by atoms with Gasteiger partial charge in [0.1, 0.15) is 6.10 Å². The molecule has 6 atom stereocenters. The first kappa shape index (κ1) is 20.4. The first-order chi connectivity index (χ1) is 9.86. The molecule has 15 heteroatoms. The molecule has 12 nitrogen and oxygen atoms in total. The molecule has 0 spiro atoms. The van der Waals surface area contributed by atoms with E-state index in [0.29, 0.717) is 7.11 Å². The Balaban J connectivity index is 2.58. The van der Waals surface area contributed by atoms with E-state index in [2.05, 4.69) is 17.7 Å². The van der Waals surface area contributed by atoms with Crippen LogP contribution in [0.5, 0.6) is 0 Å². The van der Waals surface area contributed by atoms with E-state index in [1.807, 2.05) is 0 Å². The van der Waals surface area contributed by atoms with Crippen LogP contribution < -0.4 is 14.7 Å². The number of aliphatic hydroxyl groups is 1. The molecule has 0 radical (unpaired) electrons. The van der Waals surface area contributed by atoms with Gasteiger partial charge in [0.15, 0.2) is 0 Å². The lowest BCUT2D eigenvalue weighted by molar-refractivity contribution is -0.251. The van der Waals surface area contributed by atoms with E-state index in [4.69, 9.17) is 4.74 Å². The minimum atomic E-state index is -5.80. The molecular formula is C7H14O12P3-3. The number of rotatable bonds is 8. The lowest BCUT2D eigenvalue weighted by Crippen LogP contribution is -2.27.